The molecule has 0 aromatic rings. The molecule has 0 saturated heterocycles. The molecule has 3 N–H and O–H groups in total. The van der Waals surface area contributed by atoms with E-state index in [2.05, 4.69) is 22.9 Å². The Morgan fingerprint density at radius 2 is 1.93 bits per heavy atom. The molecule has 0 bridgehead atoms. The van der Waals surface area contributed by atoms with Crippen molar-refractivity contribution in [2.24, 2.45) is 0 Å². The first-order valence-electron chi connectivity index (χ1n) is 5.85. The third kappa shape index (κ3) is 7.33. The van der Waals surface area contributed by atoms with Gasteiger partial charge in [0.1, 0.15) is 0 Å². The van der Waals surface area contributed by atoms with Gasteiger partial charge in [-0.15, -0.1) is 0 Å². The normalized spacial score (nSPS) is 12.5. The molecule has 90 valence electrons. The Kier molecular flexibility index (Phi) is 9.52. The minimum atomic E-state index is -0.0703. The van der Waals surface area contributed by atoms with Gasteiger partial charge in [0.05, 0.1) is 6.04 Å². The van der Waals surface area contributed by atoms with Crippen molar-refractivity contribution in [1.29, 1.82) is 0 Å². The average Bonchev–Trinajstić information content (AvgIpc) is 2.25. The number of carbonyl (C=O) groups excluding carboxylic acids is 1. The number of amides is 1. The molecule has 0 aliphatic carbocycles. The van der Waals surface area contributed by atoms with Crippen LogP contribution >= 0.6 is 0 Å². The summed E-state index contributed by atoms with van der Waals surface area (Å²) in [5.74, 6) is 0.115. The molecule has 0 aromatic carbocycles. The molecule has 0 rings (SSSR count). The first-order chi connectivity index (χ1) is 7.26. The van der Waals surface area contributed by atoms with Gasteiger partial charge in [-0.1, -0.05) is 19.8 Å². The summed E-state index contributed by atoms with van der Waals surface area (Å²) in [5.41, 5.74) is 0. The molecule has 0 fully saturated rings. The van der Waals surface area contributed by atoms with Crippen LogP contribution in [0.25, 0.3) is 0 Å². The molecule has 0 saturated carbocycles. The van der Waals surface area contributed by atoms with E-state index in [4.69, 9.17) is 0 Å². The van der Waals surface area contributed by atoms with Gasteiger partial charge in [-0.25, -0.2) is 0 Å². The Morgan fingerprint density at radius 3 is 2.47 bits per heavy atom. The van der Waals surface area contributed by atoms with Crippen molar-refractivity contribution in [3.63, 3.8) is 0 Å². The van der Waals surface area contributed by atoms with Crippen LogP contribution in [0.4, 0.5) is 0 Å². The predicted molar refractivity (Wildman–Crippen MR) is 63.9 cm³/mol. The topological polar surface area (TPSA) is 53.2 Å². The number of carbonyl (C=O) groups is 1. The molecule has 4 heteroatoms. The van der Waals surface area contributed by atoms with Crippen molar-refractivity contribution in [3.8, 4) is 0 Å². The minimum absolute atomic E-state index is 0.0703. The second kappa shape index (κ2) is 9.93. The summed E-state index contributed by atoms with van der Waals surface area (Å²) >= 11 is 0. The fourth-order valence-electron chi connectivity index (χ4n) is 1.40. The van der Waals surface area contributed by atoms with Crippen molar-refractivity contribution >= 4 is 5.91 Å². The van der Waals surface area contributed by atoms with E-state index >= 15 is 0 Å². The van der Waals surface area contributed by atoms with Gasteiger partial charge in [0, 0.05) is 6.54 Å². The molecule has 4 nitrogen and oxygen atoms in total. The second-order valence-corrected chi connectivity index (χ2v) is 3.73. The van der Waals surface area contributed by atoms with Gasteiger partial charge in [-0.3, -0.25) is 4.79 Å². The average molecular weight is 215 g/mol. The Morgan fingerprint density at radius 1 is 1.20 bits per heavy atom. The first kappa shape index (κ1) is 14.4. The summed E-state index contributed by atoms with van der Waals surface area (Å²) in [5, 5.41) is 9.02. The number of hydrogen-bond acceptors (Lipinski definition) is 3. The maximum atomic E-state index is 11.6. The number of unbranched alkanes of at least 4 members (excludes halogenated alkanes) is 2. The summed E-state index contributed by atoms with van der Waals surface area (Å²) in [6.07, 6.45) is 4.27. The van der Waals surface area contributed by atoms with E-state index < -0.39 is 0 Å². The highest BCUT2D eigenvalue weighted by Crippen LogP contribution is 1.93. The third-order valence-electron chi connectivity index (χ3n) is 2.43. The van der Waals surface area contributed by atoms with Crippen LogP contribution in [0.15, 0.2) is 0 Å². The molecular formula is C11H25N3O. The molecular weight excluding hydrogens is 190 g/mol. The number of rotatable bonds is 9. The van der Waals surface area contributed by atoms with Crippen molar-refractivity contribution < 1.29 is 4.79 Å². The smallest absolute Gasteiger partial charge is 0.237 e. The van der Waals surface area contributed by atoms with Crippen LogP contribution < -0.4 is 16.0 Å². The van der Waals surface area contributed by atoms with E-state index in [9.17, 15) is 4.79 Å². The number of hydrogen-bond donors (Lipinski definition) is 3. The predicted octanol–water partition coefficient (Wildman–Crippen LogP) is 0.490. The van der Waals surface area contributed by atoms with E-state index in [1.54, 1.807) is 0 Å². The molecule has 0 spiro atoms. The van der Waals surface area contributed by atoms with Crippen LogP contribution in [0.2, 0.25) is 0 Å². The fourth-order valence-corrected chi connectivity index (χ4v) is 1.40. The summed E-state index contributed by atoms with van der Waals surface area (Å²) in [7, 11) is 3.72. The van der Waals surface area contributed by atoms with Crippen LogP contribution in [0.3, 0.4) is 0 Å². The minimum Gasteiger partial charge on any atom is -0.355 e. The Balaban J connectivity index is 3.63. The van der Waals surface area contributed by atoms with E-state index in [1.165, 1.54) is 12.8 Å². The standard InChI is InChI=1S/C11H25N3O/c1-4-5-6-8-14-11(15)10(13-3)7-9-12-2/h10,12-13H,4-9H2,1-3H3,(H,14,15). The second-order valence-electron chi connectivity index (χ2n) is 3.73. The maximum Gasteiger partial charge on any atom is 0.237 e. The van der Waals surface area contributed by atoms with E-state index in [1.807, 2.05) is 14.1 Å². The molecule has 1 unspecified atom stereocenters. The van der Waals surface area contributed by atoms with Gasteiger partial charge in [-0.2, -0.15) is 0 Å². The highest BCUT2D eigenvalue weighted by atomic mass is 16.2. The van der Waals surface area contributed by atoms with E-state index in [-0.39, 0.29) is 11.9 Å². The first-order valence-corrected chi connectivity index (χ1v) is 5.85. The van der Waals surface area contributed by atoms with Crippen LogP contribution in [-0.4, -0.2) is 39.1 Å². The molecule has 0 heterocycles. The Labute approximate surface area is 93.2 Å². The Hall–Kier alpha value is -0.610. The molecule has 0 aliphatic rings. The lowest BCUT2D eigenvalue weighted by Crippen LogP contribution is -2.44. The lowest BCUT2D eigenvalue weighted by atomic mass is 10.2. The van der Waals surface area contributed by atoms with Crippen molar-refractivity contribution in [2.75, 3.05) is 27.2 Å². The zero-order valence-electron chi connectivity index (χ0n) is 10.2. The maximum absolute atomic E-state index is 11.6. The lowest BCUT2D eigenvalue weighted by molar-refractivity contribution is -0.123. The molecule has 0 aliphatic heterocycles. The quantitative estimate of drug-likeness (QED) is 0.491. The van der Waals surface area contributed by atoms with Crippen LogP contribution in [0.1, 0.15) is 32.6 Å². The van der Waals surface area contributed by atoms with Gasteiger partial charge in [0.2, 0.25) is 5.91 Å². The number of nitrogens with one attached hydrogen (secondary N) is 3. The highest BCUT2D eigenvalue weighted by molar-refractivity contribution is 5.81. The summed E-state index contributed by atoms with van der Waals surface area (Å²) in [6.45, 7) is 3.81. The summed E-state index contributed by atoms with van der Waals surface area (Å²) < 4.78 is 0. The molecule has 1 atom stereocenters. The van der Waals surface area contributed by atoms with Gasteiger partial charge in [0.15, 0.2) is 0 Å². The molecule has 1 amide bonds. The third-order valence-corrected chi connectivity index (χ3v) is 2.43. The van der Waals surface area contributed by atoms with Crippen LogP contribution in [-0.2, 0) is 4.79 Å². The number of likely N-dealkylation sites (N-methyl/N-ethyl adjacent to an activating group) is 1. The zero-order chi connectivity index (χ0) is 11.5. The largest absolute Gasteiger partial charge is 0.355 e. The Bertz CT molecular complexity index is 162. The monoisotopic (exact) mass is 215 g/mol. The SMILES string of the molecule is CCCCCNC(=O)C(CCNC)NC. The zero-order valence-corrected chi connectivity index (χ0v) is 10.2. The molecule has 15 heavy (non-hydrogen) atoms. The van der Waals surface area contributed by atoms with Crippen LogP contribution in [0, 0.1) is 0 Å². The van der Waals surface area contributed by atoms with Gasteiger partial charge in [-0.05, 0) is 33.5 Å². The van der Waals surface area contributed by atoms with Crippen LogP contribution in [0.5, 0.6) is 0 Å². The summed E-state index contributed by atoms with van der Waals surface area (Å²) in [6, 6.07) is -0.0703. The highest BCUT2D eigenvalue weighted by Gasteiger charge is 2.14. The van der Waals surface area contributed by atoms with Gasteiger partial charge in [0.25, 0.3) is 0 Å². The summed E-state index contributed by atoms with van der Waals surface area (Å²) in [4.78, 5) is 11.6. The lowest BCUT2D eigenvalue weighted by Gasteiger charge is -2.15. The molecule has 0 radical (unpaired) electrons. The fraction of sp³-hybridized carbons (Fsp3) is 0.909. The molecule has 0 aromatic heterocycles. The van der Waals surface area contributed by atoms with Gasteiger partial charge < -0.3 is 16.0 Å². The van der Waals surface area contributed by atoms with E-state index in [0.29, 0.717) is 0 Å². The van der Waals surface area contributed by atoms with E-state index in [0.717, 1.165) is 25.9 Å². The van der Waals surface area contributed by atoms with Crippen molar-refractivity contribution in [3.05, 3.63) is 0 Å². The van der Waals surface area contributed by atoms with Gasteiger partial charge >= 0.3 is 0 Å². The van der Waals surface area contributed by atoms with Crippen molar-refractivity contribution in [2.45, 2.75) is 38.6 Å². The van der Waals surface area contributed by atoms with Crippen molar-refractivity contribution in [1.82, 2.24) is 16.0 Å².